The molecule has 0 aliphatic rings. The van der Waals surface area contributed by atoms with Crippen LogP contribution in [0.5, 0.6) is 0 Å². The third-order valence-electron chi connectivity index (χ3n) is 11.4. The van der Waals surface area contributed by atoms with Gasteiger partial charge < -0.3 is 27.9 Å². The maximum atomic E-state index is 12.8. The molecule has 0 fully saturated rings. The van der Waals surface area contributed by atoms with E-state index in [1.807, 2.05) is 21.1 Å². The number of quaternary nitrogens is 1. The summed E-state index contributed by atoms with van der Waals surface area (Å²) in [4.78, 5) is 25.2. The van der Waals surface area contributed by atoms with Crippen molar-refractivity contribution < 1.29 is 37.3 Å². The molecule has 0 aromatic rings. The predicted octanol–water partition coefficient (Wildman–Crippen LogP) is 15.7. The zero-order chi connectivity index (χ0) is 46.2. The first-order chi connectivity index (χ1) is 30.6. The minimum Gasteiger partial charge on any atom is -0.756 e. The largest absolute Gasteiger partial charge is 0.756 e. The van der Waals surface area contributed by atoms with Gasteiger partial charge in [-0.1, -0.05) is 197 Å². The SMILES string of the molecule is CCCCCCC/C=C\C/C=C\C/C=C\CCCCCCCCCCC(=O)OC(COCCCCCCCCCC/C=C\CCCCCCCC)COP(=O)([O-])OCC[N+](C)(C)C. The highest BCUT2D eigenvalue weighted by Gasteiger charge is 2.20. The molecule has 9 heteroatoms. The van der Waals surface area contributed by atoms with Gasteiger partial charge in [0.05, 0.1) is 34.4 Å². The Morgan fingerprint density at radius 2 is 0.873 bits per heavy atom. The third kappa shape index (κ3) is 51.3. The van der Waals surface area contributed by atoms with Gasteiger partial charge in [-0.2, -0.15) is 0 Å². The second-order valence-electron chi connectivity index (χ2n) is 18.9. The molecule has 63 heavy (non-hydrogen) atoms. The Bertz CT molecular complexity index is 1150. The molecule has 0 amide bonds. The van der Waals surface area contributed by atoms with Gasteiger partial charge >= 0.3 is 5.97 Å². The van der Waals surface area contributed by atoms with E-state index in [1.54, 1.807) is 0 Å². The highest BCUT2D eigenvalue weighted by molar-refractivity contribution is 7.45. The van der Waals surface area contributed by atoms with Gasteiger partial charge in [-0.3, -0.25) is 9.36 Å². The number of rotatable bonds is 49. The highest BCUT2D eigenvalue weighted by atomic mass is 31.2. The van der Waals surface area contributed by atoms with E-state index in [2.05, 4.69) is 62.5 Å². The fourth-order valence-corrected chi connectivity index (χ4v) is 7.98. The van der Waals surface area contributed by atoms with Crippen LogP contribution in [0.4, 0.5) is 0 Å². The van der Waals surface area contributed by atoms with Crippen LogP contribution in [0.15, 0.2) is 48.6 Å². The van der Waals surface area contributed by atoms with Crippen molar-refractivity contribution in [1.29, 1.82) is 0 Å². The normalized spacial score (nSPS) is 13.9. The van der Waals surface area contributed by atoms with E-state index in [0.717, 1.165) is 51.4 Å². The van der Waals surface area contributed by atoms with Crippen LogP contribution in [0.25, 0.3) is 0 Å². The van der Waals surface area contributed by atoms with Gasteiger partial charge in [0.15, 0.2) is 0 Å². The minimum atomic E-state index is -4.53. The number of carbonyl (C=O) groups is 1. The van der Waals surface area contributed by atoms with Gasteiger partial charge in [0.2, 0.25) is 0 Å². The average molecular weight is 908 g/mol. The molecule has 0 aromatic heterocycles. The second-order valence-corrected chi connectivity index (χ2v) is 20.3. The number of carbonyl (C=O) groups excluding carboxylic acids is 1. The number of nitrogens with zero attached hydrogens (tertiary/aromatic N) is 1. The zero-order valence-electron chi connectivity index (χ0n) is 42.0. The topological polar surface area (TPSA) is 94.1 Å². The van der Waals surface area contributed by atoms with Gasteiger partial charge in [-0.05, 0) is 77.0 Å². The number of allylic oxidation sites excluding steroid dienone is 8. The van der Waals surface area contributed by atoms with Crippen LogP contribution in [0, 0.1) is 0 Å². The summed E-state index contributed by atoms with van der Waals surface area (Å²) in [6.45, 7) is 5.40. The minimum absolute atomic E-state index is 0.0231. The Hall–Kier alpha value is -1.54. The van der Waals surface area contributed by atoms with Gasteiger partial charge in [0, 0.05) is 13.0 Å². The summed E-state index contributed by atoms with van der Waals surface area (Å²) in [5, 5.41) is 0. The average Bonchev–Trinajstić information content (AvgIpc) is 3.24. The van der Waals surface area contributed by atoms with Crippen molar-refractivity contribution in [2.75, 3.05) is 54.1 Å². The number of unbranched alkanes of at least 4 members (excludes halogenated alkanes) is 27. The van der Waals surface area contributed by atoms with E-state index in [-0.39, 0.29) is 25.8 Å². The van der Waals surface area contributed by atoms with E-state index in [1.165, 1.54) is 161 Å². The zero-order valence-corrected chi connectivity index (χ0v) is 42.9. The van der Waals surface area contributed by atoms with E-state index < -0.39 is 13.9 Å². The number of likely N-dealkylation sites (N-methyl/N-ethyl adjacent to an activating group) is 1. The number of hydrogen-bond donors (Lipinski definition) is 0. The molecule has 370 valence electrons. The maximum absolute atomic E-state index is 12.8. The lowest BCUT2D eigenvalue weighted by Crippen LogP contribution is -2.37. The van der Waals surface area contributed by atoms with Crippen molar-refractivity contribution in [1.82, 2.24) is 0 Å². The van der Waals surface area contributed by atoms with Gasteiger partial charge in [0.1, 0.15) is 19.3 Å². The molecule has 8 nitrogen and oxygen atoms in total. The van der Waals surface area contributed by atoms with E-state index in [4.69, 9.17) is 18.5 Å². The standard InChI is InChI=1S/C54H102NO7P/c1-6-8-10-12-14-16-18-20-22-24-26-27-28-29-30-31-33-35-37-39-41-43-45-47-54(56)62-53(52-61-63(57,58)60-50-48-55(3,4)5)51-59-49-46-44-42-40-38-36-34-32-25-23-21-19-17-15-13-11-9-7-2/h18,20-21,23-24,26,28-29,53H,6-17,19,22,25,27,30-52H2,1-5H3/b20-18-,23-21-,26-24-,29-28-. The van der Waals surface area contributed by atoms with Crippen molar-refractivity contribution in [3.8, 4) is 0 Å². The summed E-state index contributed by atoms with van der Waals surface area (Å²) in [5.74, 6) is -0.341. The molecule has 0 heterocycles. The third-order valence-corrected chi connectivity index (χ3v) is 12.3. The fourth-order valence-electron chi connectivity index (χ4n) is 7.25. The van der Waals surface area contributed by atoms with E-state index in [0.29, 0.717) is 24.1 Å². The van der Waals surface area contributed by atoms with Crippen molar-refractivity contribution in [3.63, 3.8) is 0 Å². The fraction of sp³-hybridized carbons (Fsp3) is 0.833. The first-order valence-corrected chi connectivity index (χ1v) is 27.8. The Morgan fingerprint density at radius 3 is 1.32 bits per heavy atom. The molecule has 0 spiro atoms. The quantitative estimate of drug-likeness (QED) is 0.0197. The molecule has 0 saturated carbocycles. The molecule has 0 bridgehead atoms. The molecular weight excluding hydrogens is 806 g/mol. The first kappa shape index (κ1) is 61.5. The molecule has 0 rings (SSSR count). The Morgan fingerprint density at radius 1 is 0.492 bits per heavy atom. The number of esters is 1. The van der Waals surface area contributed by atoms with Crippen LogP contribution in [0.2, 0.25) is 0 Å². The second kappa shape index (κ2) is 47.0. The molecule has 0 N–H and O–H groups in total. The molecule has 0 radical (unpaired) electrons. The monoisotopic (exact) mass is 908 g/mol. The molecule has 2 unspecified atom stereocenters. The Balaban J connectivity index is 4.15. The summed E-state index contributed by atoms with van der Waals surface area (Å²) in [6.07, 6.45) is 58.4. The van der Waals surface area contributed by atoms with Crippen LogP contribution in [0.1, 0.15) is 232 Å². The summed E-state index contributed by atoms with van der Waals surface area (Å²) in [6, 6.07) is 0. The Labute approximate surface area is 390 Å². The summed E-state index contributed by atoms with van der Waals surface area (Å²) in [7, 11) is 1.35. The van der Waals surface area contributed by atoms with E-state index in [9.17, 15) is 14.3 Å². The van der Waals surface area contributed by atoms with Crippen molar-refractivity contribution >= 4 is 13.8 Å². The highest BCUT2D eigenvalue weighted by Crippen LogP contribution is 2.38. The number of phosphoric ester groups is 1. The van der Waals surface area contributed by atoms with Crippen LogP contribution in [-0.2, 0) is 27.9 Å². The number of ether oxygens (including phenoxy) is 2. The molecule has 0 aliphatic carbocycles. The summed E-state index contributed by atoms with van der Waals surface area (Å²) in [5.41, 5.74) is 0. The van der Waals surface area contributed by atoms with Gasteiger partial charge in [0.25, 0.3) is 7.82 Å². The molecule has 2 atom stereocenters. The van der Waals surface area contributed by atoms with Gasteiger partial charge in [-0.25, -0.2) is 0 Å². The smallest absolute Gasteiger partial charge is 0.306 e. The van der Waals surface area contributed by atoms with Crippen LogP contribution in [-0.4, -0.2) is 70.7 Å². The molecule has 0 aromatic carbocycles. The van der Waals surface area contributed by atoms with E-state index >= 15 is 0 Å². The lowest BCUT2D eigenvalue weighted by molar-refractivity contribution is -0.870. The predicted molar refractivity (Wildman–Crippen MR) is 268 cm³/mol. The van der Waals surface area contributed by atoms with Crippen LogP contribution < -0.4 is 4.89 Å². The van der Waals surface area contributed by atoms with Crippen molar-refractivity contribution in [2.45, 2.75) is 238 Å². The van der Waals surface area contributed by atoms with Crippen LogP contribution in [0.3, 0.4) is 0 Å². The van der Waals surface area contributed by atoms with Crippen molar-refractivity contribution in [3.05, 3.63) is 48.6 Å². The summed E-state index contributed by atoms with van der Waals surface area (Å²) >= 11 is 0. The molecule has 0 saturated heterocycles. The first-order valence-electron chi connectivity index (χ1n) is 26.4. The lowest BCUT2D eigenvalue weighted by atomic mass is 10.1. The van der Waals surface area contributed by atoms with Crippen LogP contribution >= 0.6 is 7.82 Å². The number of hydrogen-bond acceptors (Lipinski definition) is 7. The Kier molecular flexibility index (Phi) is 45.8. The summed E-state index contributed by atoms with van der Waals surface area (Å²) < 4.78 is 34.8. The lowest BCUT2D eigenvalue weighted by Gasteiger charge is -2.28. The molecule has 0 aliphatic heterocycles. The number of phosphoric acid groups is 1. The van der Waals surface area contributed by atoms with Gasteiger partial charge in [-0.15, -0.1) is 0 Å². The molecular formula is C54H102NO7P. The van der Waals surface area contributed by atoms with Crippen molar-refractivity contribution in [2.24, 2.45) is 0 Å². The maximum Gasteiger partial charge on any atom is 0.306 e.